The number of amides is 1. The monoisotopic (exact) mass is 480 g/mol. The zero-order chi connectivity index (χ0) is 23.9. The Morgan fingerprint density at radius 1 is 1.27 bits per heavy atom. The minimum absolute atomic E-state index is 0.203. The molecule has 15 heteroatoms. The number of hydrogen-bond acceptors (Lipinski definition) is 11. The quantitative estimate of drug-likeness (QED) is 0.255. The molecule has 14 nitrogen and oxygen atoms in total. The van der Waals surface area contributed by atoms with Crippen LogP contribution in [0.2, 0.25) is 0 Å². The number of aliphatic hydroxyl groups excluding tert-OH is 2. The molecule has 3 heterocycles. The zero-order valence-corrected chi connectivity index (χ0v) is 17.9. The molecule has 176 valence electrons. The van der Waals surface area contributed by atoms with Gasteiger partial charge in [0.15, 0.2) is 17.4 Å². The van der Waals surface area contributed by atoms with Crippen LogP contribution in [-0.2, 0) is 14.8 Å². The number of nitrogens with zero attached hydrogens (tertiary/aromatic N) is 4. The number of imidazole rings is 1. The number of fused-ring (bicyclic) bond motifs is 1. The summed E-state index contributed by atoms with van der Waals surface area (Å²) in [4.78, 5) is 23.0. The summed E-state index contributed by atoms with van der Waals surface area (Å²) in [6.07, 6.45) is -2.65. The molecule has 0 spiro atoms. The van der Waals surface area contributed by atoms with Crippen LogP contribution in [0.25, 0.3) is 11.2 Å². The molecule has 0 unspecified atom stereocenters. The maximum atomic E-state index is 12.7. The largest absolute Gasteiger partial charge is 0.506 e. The summed E-state index contributed by atoms with van der Waals surface area (Å²) in [5.41, 5.74) is 5.34. The average molecular weight is 480 g/mol. The first-order chi connectivity index (χ1) is 15.7. The van der Waals surface area contributed by atoms with Crippen LogP contribution in [0.1, 0.15) is 16.6 Å². The van der Waals surface area contributed by atoms with Gasteiger partial charge in [0.2, 0.25) is 15.9 Å². The topological polar surface area (TPSA) is 212 Å². The number of ether oxygens (including phenoxy) is 2. The number of benzene rings is 1. The van der Waals surface area contributed by atoms with Crippen LogP contribution in [0, 0.1) is 0 Å². The van der Waals surface area contributed by atoms with Crippen molar-refractivity contribution in [2.75, 3.05) is 13.7 Å². The fourth-order valence-electron chi connectivity index (χ4n) is 3.50. The molecule has 0 radical (unpaired) electrons. The van der Waals surface area contributed by atoms with Gasteiger partial charge in [-0.15, -0.1) is 0 Å². The highest BCUT2D eigenvalue weighted by molar-refractivity contribution is 7.89. The summed E-state index contributed by atoms with van der Waals surface area (Å²) in [5, 5.41) is 31.1. The summed E-state index contributed by atoms with van der Waals surface area (Å²) in [6, 6.07) is 3.50. The minimum atomic E-state index is -4.33. The third-order valence-corrected chi connectivity index (χ3v) is 6.61. The van der Waals surface area contributed by atoms with Gasteiger partial charge in [0.05, 0.1) is 19.0 Å². The number of phenols is 1. The summed E-state index contributed by atoms with van der Waals surface area (Å²) >= 11 is 0. The van der Waals surface area contributed by atoms with E-state index in [4.69, 9.17) is 15.2 Å². The molecule has 0 aliphatic carbocycles. The molecule has 1 aliphatic rings. The number of methoxy groups -OCH3 is 1. The van der Waals surface area contributed by atoms with E-state index in [2.05, 4.69) is 19.7 Å². The number of hydrogen-bond donors (Lipinski definition) is 5. The summed E-state index contributed by atoms with van der Waals surface area (Å²) in [6.45, 7) is -0.456. The Morgan fingerprint density at radius 2 is 2.03 bits per heavy atom. The summed E-state index contributed by atoms with van der Waals surface area (Å²) in [7, 11) is -2.92. The molecule has 1 amide bonds. The molecular formula is C18H20N6O8S. The van der Waals surface area contributed by atoms with Crippen LogP contribution in [0.3, 0.4) is 0 Å². The van der Waals surface area contributed by atoms with Gasteiger partial charge >= 0.3 is 0 Å². The van der Waals surface area contributed by atoms with Crippen molar-refractivity contribution in [1.82, 2.24) is 24.2 Å². The van der Waals surface area contributed by atoms with Gasteiger partial charge in [0.1, 0.15) is 35.3 Å². The Balaban J connectivity index is 1.54. The summed E-state index contributed by atoms with van der Waals surface area (Å²) in [5.74, 6) is -1.60. The standard InChI is InChI=1S/C18H20N6O8S/c1-31-17-11-16(20-6-21-17)24(7-22-11)18-14(27)13(26)9(32-18)5-23-33(29,30)10-4-2-3-8(12(10)25)15(19)28/h2-4,6-7,9,13-14,18,23,25-27H,5H2,1H3,(H2,19,28)/t9-,13-,14-,18-/m1/s1. The van der Waals surface area contributed by atoms with Crippen LogP contribution < -0.4 is 15.2 Å². The van der Waals surface area contributed by atoms with Gasteiger partial charge in [-0.1, -0.05) is 6.07 Å². The Kier molecular flexibility index (Phi) is 5.89. The van der Waals surface area contributed by atoms with Crippen LogP contribution in [0.5, 0.6) is 11.6 Å². The molecule has 33 heavy (non-hydrogen) atoms. The Labute approximate surface area is 186 Å². The molecule has 1 aromatic carbocycles. The highest BCUT2D eigenvalue weighted by Gasteiger charge is 2.44. The molecule has 2 aromatic heterocycles. The number of carbonyl (C=O) groups is 1. The van der Waals surface area contributed by atoms with E-state index < -0.39 is 57.7 Å². The molecule has 6 N–H and O–H groups in total. The van der Waals surface area contributed by atoms with Gasteiger partial charge in [-0.2, -0.15) is 4.98 Å². The predicted octanol–water partition coefficient (Wildman–Crippen LogP) is -1.76. The highest BCUT2D eigenvalue weighted by Crippen LogP contribution is 2.33. The van der Waals surface area contributed by atoms with Gasteiger partial charge < -0.3 is 30.5 Å². The SMILES string of the molecule is COc1ncnc2c1ncn2[C@@H]1O[C@H](CNS(=O)(=O)c2cccc(C(N)=O)c2O)[C@@H](O)[C@H]1O. The second-order valence-electron chi connectivity index (χ2n) is 7.12. The van der Waals surface area contributed by atoms with Gasteiger partial charge in [-0.25, -0.2) is 23.1 Å². The molecule has 0 saturated carbocycles. The molecule has 1 aliphatic heterocycles. The van der Waals surface area contributed by atoms with Crippen molar-refractivity contribution in [3.8, 4) is 11.6 Å². The van der Waals surface area contributed by atoms with Crippen molar-refractivity contribution in [2.45, 2.75) is 29.4 Å². The van der Waals surface area contributed by atoms with E-state index >= 15 is 0 Å². The van der Waals surface area contributed by atoms with Crippen molar-refractivity contribution >= 4 is 27.1 Å². The van der Waals surface area contributed by atoms with Gasteiger partial charge in [-0.05, 0) is 12.1 Å². The van der Waals surface area contributed by atoms with Crippen LogP contribution in [0.15, 0.2) is 35.7 Å². The molecule has 1 fully saturated rings. The first-order valence-electron chi connectivity index (χ1n) is 9.50. The lowest BCUT2D eigenvalue weighted by molar-refractivity contribution is -0.0330. The smallest absolute Gasteiger partial charge is 0.252 e. The lowest BCUT2D eigenvalue weighted by Crippen LogP contribution is -2.39. The molecule has 4 rings (SSSR count). The van der Waals surface area contributed by atoms with Crippen LogP contribution in [0.4, 0.5) is 0 Å². The van der Waals surface area contributed by atoms with E-state index in [9.17, 15) is 28.5 Å². The minimum Gasteiger partial charge on any atom is -0.506 e. The second kappa shape index (κ2) is 8.53. The molecule has 4 atom stereocenters. The third kappa shape index (κ3) is 3.96. The maximum absolute atomic E-state index is 12.7. The van der Waals surface area contributed by atoms with E-state index in [0.29, 0.717) is 5.52 Å². The number of para-hydroxylation sites is 1. The summed E-state index contributed by atoms with van der Waals surface area (Å²) < 4.78 is 39.7. The fraction of sp³-hybridized carbons (Fsp3) is 0.333. The molecular weight excluding hydrogens is 460 g/mol. The number of nitrogens with two attached hydrogens (primary N) is 1. The van der Waals surface area contributed by atoms with Crippen molar-refractivity contribution < 1.29 is 38.0 Å². The number of aliphatic hydroxyl groups is 2. The number of rotatable bonds is 7. The third-order valence-electron chi connectivity index (χ3n) is 5.16. The molecule has 1 saturated heterocycles. The Bertz CT molecular complexity index is 1310. The second-order valence-corrected chi connectivity index (χ2v) is 8.86. The van der Waals surface area contributed by atoms with Crippen LogP contribution in [-0.4, -0.2) is 81.1 Å². The highest BCUT2D eigenvalue weighted by atomic mass is 32.2. The zero-order valence-electron chi connectivity index (χ0n) is 17.1. The number of aromatic hydroxyl groups is 1. The number of primary amides is 1. The van der Waals surface area contributed by atoms with Crippen molar-refractivity contribution in [3.63, 3.8) is 0 Å². The number of aromatic nitrogens is 4. The van der Waals surface area contributed by atoms with E-state index in [1.165, 1.54) is 36.5 Å². The normalized spacial score (nSPS) is 23.1. The van der Waals surface area contributed by atoms with E-state index in [1.54, 1.807) is 0 Å². The van der Waals surface area contributed by atoms with Crippen LogP contribution >= 0.6 is 0 Å². The predicted molar refractivity (Wildman–Crippen MR) is 110 cm³/mol. The van der Waals surface area contributed by atoms with Crippen molar-refractivity contribution in [1.29, 1.82) is 0 Å². The van der Waals surface area contributed by atoms with E-state index in [0.717, 1.165) is 6.07 Å². The van der Waals surface area contributed by atoms with Gasteiger partial charge in [0, 0.05) is 6.54 Å². The maximum Gasteiger partial charge on any atom is 0.252 e. The van der Waals surface area contributed by atoms with E-state index in [-0.39, 0.29) is 17.1 Å². The lowest BCUT2D eigenvalue weighted by Gasteiger charge is -2.17. The first-order valence-corrected chi connectivity index (χ1v) is 11.0. The van der Waals surface area contributed by atoms with Crippen molar-refractivity contribution in [2.24, 2.45) is 5.73 Å². The van der Waals surface area contributed by atoms with Gasteiger partial charge in [0.25, 0.3) is 5.91 Å². The Morgan fingerprint density at radius 3 is 2.73 bits per heavy atom. The van der Waals surface area contributed by atoms with E-state index in [1.807, 2.05) is 0 Å². The molecule has 3 aromatic rings. The average Bonchev–Trinajstić information content (AvgIpc) is 3.33. The fourth-order valence-corrected chi connectivity index (χ4v) is 4.66. The van der Waals surface area contributed by atoms with Crippen molar-refractivity contribution in [3.05, 3.63) is 36.4 Å². The number of nitrogens with one attached hydrogen (secondary N) is 1. The first kappa shape index (κ1) is 22.8. The lowest BCUT2D eigenvalue weighted by atomic mass is 10.1. The number of carbonyl (C=O) groups excluding carboxylic acids is 1. The Hall–Kier alpha value is -3.37. The van der Waals surface area contributed by atoms with Gasteiger partial charge in [-0.3, -0.25) is 9.36 Å². The molecule has 0 bridgehead atoms. The number of sulfonamides is 1.